The van der Waals surface area contributed by atoms with Gasteiger partial charge in [-0.1, -0.05) is 30.3 Å². The fourth-order valence-electron chi connectivity index (χ4n) is 1.81. The van der Waals surface area contributed by atoms with Crippen LogP contribution in [-0.2, 0) is 6.42 Å². The molecule has 1 unspecified atom stereocenters. The Bertz CT molecular complexity index is 451. The first kappa shape index (κ1) is 10.8. The van der Waals surface area contributed by atoms with E-state index in [4.69, 9.17) is 0 Å². The molecule has 0 fully saturated rings. The van der Waals surface area contributed by atoms with Crippen molar-refractivity contribution in [3.05, 3.63) is 65.5 Å². The molecule has 0 radical (unpaired) electrons. The summed E-state index contributed by atoms with van der Waals surface area (Å²) in [5.74, 6) is 0. The Kier molecular flexibility index (Phi) is 3.32. The molecule has 2 rings (SSSR count). The molecule has 0 aliphatic rings. The van der Waals surface area contributed by atoms with Gasteiger partial charge < -0.3 is 5.11 Å². The molecule has 2 nitrogen and oxygen atoms in total. The molecule has 0 saturated carbocycles. The van der Waals surface area contributed by atoms with Crippen molar-refractivity contribution in [2.24, 2.45) is 0 Å². The summed E-state index contributed by atoms with van der Waals surface area (Å²) in [5, 5.41) is 9.65. The molecule has 1 heterocycles. The van der Waals surface area contributed by atoms with Gasteiger partial charge >= 0.3 is 0 Å². The zero-order chi connectivity index (χ0) is 11.4. The van der Waals surface area contributed by atoms with Crippen molar-refractivity contribution in [3.63, 3.8) is 0 Å². The predicted molar refractivity (Wildman–Crippen MR) is 64.1 cm³/mol. The second-order valence-electron chi connectivity index (χ2n) is 3.91. The summed E-state index contributed by atoms with van der Waals surface area (Å²) in [4.78, 5) is 4.11. The lowest BCUT2D eigenvalue weighted by Crippen LogP contribution is -2.00. The third-order valence-corrected chi connectivity index (χ3v) is 2.63. The van der Waals surface area contributed by atoms with Crippen LogP contribution in [0.2, 0.25) is 0 Å². The molecule has 0 aliphatic carbocycles. The lowest BCUT2D eigenvalue weighted by molar-refractivity contribution is 0.198. The molecule has 16 heavy (non-hydrogen) atoms. The van der Waals surface area contributed by atoms with E-state index in [0.717, 1.165) is 17.5 Å². The van der Waals surface area contributed by atoms with Crippen LogP contribution in [-0.4, -0.2) is 10.1 Å². The van der Waals surface area contributed by atoms with Crippen molar-refractivity contribution in [2.75, 3.05) is 0 Å². The van der Waals surface area contributed by atoms with E-state index in [1.54, 1.807) is 13.1 Å². The smallest absolute Gasteiger partial charge is 0.0765 e. The molecule has 82 valence electrons. The molecule has 0 aliphatic heterocycles. The monoisotopic (exact) mass is 213 g/mol. The maximum Gasteiger partial charge on any atom is 0.0765 e. The van der Waals surface area contributed by atoms with Crippen LogP contribution in [0, 0.1) is 0 Å². The van der Waals surface area contributed by atoms with Crippen LogP contribution in [0.3, 0.4) is 0 Å². The second kappa shape index (κ2) is 4.90. The highest BCUT2D eigenvalue weighted by Crippen LogP contribution is 2.19. The normalized spacial score (nSPS) is 12.4. The summed E-state index contributed by atoms with van der Waals surface area (Å²) >= 11 is 0. The summed E-state index contributed by atoms with van der Waals surface area (Å²) in [5.41, 5.74) is 3.28. The first-order chi connectivity index (χ1) is 7.77. The van der Waals surface area contributed by atoms with Gasteiger partial charge in [0.05, 0.1) is 6.10 Å². The Labute approximate surface area is 95.6 Å². The molecule has 1 aromatic heterocycles. The maximum absolute atomic E-state index is 9.65. The quantitative estimate of drug-likeness (QED) is 0.850. The molecular formula is C14H15NO. The Morgan fingerprint density at radius 1 is 1.19 bits per heavy atom. The van der Waals surface area contributed by atoms with Crippen molar-refractivity contribution in [3.8, 4) is 0 Å². The number of rotatable bonds is 3. The van der Waals surface area contributed by atoms with Crippen molar-refractivity contribution in [2.45, 2.75) is 19.4 Å². The zero-order valence-electron chi connectivity index (χ0n) is 9.30. The number of nitrogens with zero attached hydrogens (tertiary/aromatic N) is 1. The van der Waals surface area contributed by atoms with Gasteiger partial charge in [0.25, 0.3) is 0 Å². The molecule has 0 bridgehead atoms. The first-order valence-corrected chi connectivity index (χ1v) is 5.42. The van der Waals surface area contributed by atoms with Crippen LogP contribution < -0.4 is 0 Å². The fourth-order valence-corrected chi connectivity index (χ4v) is 1.81. The minimum Gasteiger partial charge on any atom is -0.389 e. The molecule has 1 aromatic carbocycles. The molecular weight excluding hydrogens is 198 g/mol. The number of pyridine rings is 1. The molecule has 1 N–H and O–H groups in total. The minimum atomic E-state index is -0.443. The zero-order valence-corrected chi connectivity index (χ0v) is 9.30. The van der Waals surface area contributed by atoms with Crippen LogP contribution in [0.4, 0.5) is 0 Å². The first-order valence-electron chi connectivity index (χ1n) is 5.42. The van der Waals surface area contributed by atoms with E-state index in [1.165, 1.54) is 5.56 Å². The highest BCUT2D eigenvalue weighted by Gasteiger charge is 2.07. The summed E-state index contributed by atoms with van der Waals surface area (Å²) in [6, 6.07) is 12.1. The lowest BCUT2D eigenvalue weighted by Gasteiger charge is -2.11. The highest BCUT2D eigenvalue weighted by atomic mass is 16.3. The van der Waals surface area contributed by atoms with Gasteiger partial charge in [0, 0.05) is 12.4 Å². The number of benzene rings is 1. The lowest BCUT2D eigenvalue weighted by atomic mass is 9.99. The van der Waals surface area contributed by atoms with Gasteiger partial charge in [-0.05, 0) is 36.1 Å². The summed E-state index contributed by atoms with van der Waals surface area (Å²) in [6.45, 7) is 1.78. The standard InChI is InChI=1S/C14H15NO/c1-11(16)14-7-8-15-10-13(14)9-12-5-3-2-4-6-12/h2-8,10-11,16H,9H2,1H3. The Hall–Kier alpha value is -1.67. The molecule has 0 spiro atoms. The third-order valence-electron chi connectivity index (χ3n) is 2.63. The van der Waals surface area contributed by atoms with Gasteiger partial charge in [-0.2, -0.15) is 0 Å². The Morgan fingerprint density at radius 2 is 1.94 bits per heavy atom. The van der Waals surface area contributed by atoms with Gasteiger partial charge in [0.2, 0.25) is 0 Å². The number of aromatic nitrogens is 1. The average Bonchev–Trinajstić information content (AvgIpc) is 2.31. The number of aliphatic hydroxyl groups excluding tert-OH is 1. The van der Waals surface area contributed by atoms with Crippen molar-refractivity contribution in [1.29, 1.82) is 0 Å². The van der Waals surface area contributed by atoms with E-state index in [9.17, 15) is 5.11 Å². The highest BCUT2D eigenvalue weighted by molar-refractivity contribution is 5.31. The van der Waals surface area contributed by atoms with Gasteiger partial charge in [0.1, 0.15) is 0 Å². The largest absolute Gasteiger partial charge is 0.389 e. The molecule has 1 atom stereocenters. The fraction of sp³-hybridized carbons (Fsp3) is 0.214. The van der Waals surface area contributed by atoms with Crippen molar-refractivity contribution in [1.82, 2.24) is 4.98 Å². The van der Waals surface area contributed by atoms with Crippen molar-refractivity contribution >= 4 is 0 Å². The van der Waals surface area contributed by atoms with E-state index < -0.39 is 6.10 Å². The van der Waals surface area contributed by atoms with E-state index >= 15 is 0 Å². The molecule has 2 heteroatoms. The van der Waals surface area contributed by atoms with Crippen LogP contribution in [0.1, 0.15) is 29.7 Å². The average molecular weight is 213 g/mol. The van der Waals surface area contributed by atoms with Crippen LogP contribution >= 0.6 is 0 Å². The van der Waals surface area contributed by atoms with E-state index in [0.29, 0.717) is 0 Å². The third kappa shape index (κ3) is 2.47. The van der Waals surface area contributed by atoms with Gasteiger partial charge in [-0.3, -0.25) is 4.98 Å². The van der Waals surface area contributed by atoms with Gasteiger partial charge in [-0.25, -0.2) is 0 Å². The molecule has 0 saturated heterocycles. The van der Waals surface area contributed by atoms with Crippen LogP contribution in [0.5, 0.6) is 0 Å². The minimum absolute atomic E-state index is 0.443. The van der Waals surface area contributed by atoms with Gasteiger partial charge in [-0.15, -0.1) is 0 Å². The van der Waals surface area contributed by atoms with E-state index in [-0.39, 0.29) is 0 Å². The Balaban J connectivity index is 2.28. The summed E-state index contributed by atoms with van der Waals surface area (Å²) < 4.78 is 0. The topological polar surface area (TPSA) is 33.1 Å². The van der Waals surface area contributed by atoms with Crippen LogP contribution in [0.15, 0.2) is 48.8 Å². The second-order valence-corrected chi connectivity index (χ2v) is 3.91. The molecule has 0 amide bonds. The van der Waals surface area contributed by atoms with E-state index in [2.05, 4.69) is 17.1 Å². The number of hydrogen-bond acceptors (Lipinski definition) is 2. The predicted octanol–water partition coefficient (Wildman–Crippen LogP) is 2.73. The Morgan fingerprint density at radius 3 is 2.62 bits per heavy atom. The van der Waals surface area contributed by atoms with Gasteiger partial charge in [0.15, 0.2) is 0 Å². The number of aliphatic hydroxyl groups is 1. The summed E-state index contributed by atoms with van der Waals surface area (Å²) in [7, 11) is 0. The SMILES string of the molecule is CC(O)c1ccncc1Cc1ccccc1. The van der Waals surface area contributed by atoms with Crippen LogP contribution in [0.25, 0.3) is 0 Å². The maximum atomic E-state index is 9.65. The van der Waals surface area contributed by atoms with E-state index in [1.807, 2.05) is 30.5 Å². The van der Waals surface area contributed by atoms with Crippen molar-refractivity contribution < 1.29 is 5.11 Å². The molecule has 2 aromatic rings. The number of hydrogen-bond donors (Lipinski definition) is 1. The summed E-state index contributed by atoms with van der Waals surface area (Å²) in [6.07, 6.45) is 3.92.